The minimum atomic E-state index is -0.657. The number of aliphatic imine (C=N–C) groups is 2. The molecule has 51 heavy (non-hydrogen) atoms. The van der Waals surface area contributed by atoms with Crippen LogP contribution in [0, 0.1) is 35.9 Å². The molecule has 1 aliphatic heterocycles. The van der Waals surface area contributed by atoms with Gasteiger partial charge in [-0.15, -0.1) is 12.3 Å². The third kappa shape index (κ3) is 7.00. The van der Waals surface area contributed by atoms with Crippen molar-refractivity contribution in [3.63, 3.8) is 0 Å². The highest BCUT2D eigenvalue weighted by Gasteiger charge is 2.53. The number of hydrogen-bond donors (Lipinski definition) is 1. The van der Waals surface area contributed by atoms with E-state index in [9.17, 15) is 0 Å². The van der Waals surface area contributed by atoms with Crippen LogP contribution in [-0.2, 0) is 9.47 Å². The number of rotatable bonds is 14. The highest BCUT2D eigenvalue weighted by Crippen LogP contribution is 2.53. The maximum absolute atomic E-state index is 16.8. The Bertz CT molecular complexity index is 1820. The number of fused-ring (bicyclic) bond motifs is 2. The molecule has 274 valence electrons. The van der Waals surface area contributed by atoms with E-state index in [1.54, 1.807) is 12.3 Å². The second kappa shape index (κ2) is 15.6. The maximum atomic E-state index is 16.8. The number of nitrogens with zero attached hydrogens (tertiary/aromatic N) is 6. The van der Waals surface area contributed by atoms with Crippen molar-refractivity contribution in [3.05, 3.63) is 34.2 Å². The lowest BCUT2D eigenvalue weighted by molar-refractivity contribution is -0.0778. The van der Waals surface area contributed by atoms with Gasteiger partial charge < -0.3 is 19.1 Å². The van der Waals surface area contributed by atoms with Crippen molar-refractivity contribution >= 4 is 40.7 Å². The van der Waals surface area contributed by atoms with Crippen LogP contribution in [0.2, 0.25) is 5.02 Å². The quantitative estimate of drug-likeness (QED) is 0.0794. The van der Waals surface area contributed by atoms with Gasteiger partial charge in [0.15, 0.2) is 5.82 Å². The van der Waals surface area contributed by atoms with Gasteiger partial charge in [-0.25, -0.2) is 14.4 Å². The summed E-state index contributed by atoms with van der Waals surface area (Å²) in [5.41, 5.74) is 2.26. The van der Waals surface area contributed by atoms with Crippen LogP contribution in [0.1, 0.15) is 76.8 Å². The van der Waals surface area contributed by atoms with Gasteiger partial charge in [0.1, 0.15) is 29.5 Å². The fourth-order valence-electron chi connectivity index (χ4n) is 8.79. The zero-order valence-corrected chi connectivity index (χ0v) is 31.4. The Kier molecular flexibility index (Phi) is 11.4. The Balaban J connectivity index is 1.33. The minimum Gasteiger partial charge on any atom is -0.480 e. The summed E-state index contributed by atoms with van der Waals surface area (Å²) < 4.78 is 34.9. The summed E-state index contributed by atoms with van der Waals surface area (Å²) in [6.07, 6.45) is 15.4. The molecule has 0 bridgehead atoms. The van der Waals surface area contributed by atoms with Crippen LogP contribution in [0.25, 0.3) is 22.2 Å². The number of likely N-dealkylation sites (tertiary alicyclic amines) is 1. The normalized spacial score (nSPS) is 25.0. The molecule has 1 aromatic carbocycles. The van der Waals surface area contributed by atoms with Crippen LogP contribution >= 0.6 is 11.6 Å². The predicted molar refractivity (Wildman–Crippen MR) is 202 cm³/mol. The summed E-state index contributed by atoms with van der Waals surface area (Å²) in [4.78, 5) is 18.7. The lowest BCUT2D eigenvalue weighted by Gasteiger charge is -2.55. The third-order valence-electron chi connectivity index (χ3n) is 11.5. The number of ether oxygens (including phenoxy) is 3. The molecular weight excluding hydrogens is 669 g/mol. The Hall–Kier alpha value is -3.56. The fraction of sp³-hybridized carbons (Fsp3) is 0.590. The highest BCUT2D eigenvalue weighted by molar-refractivity contribution is 6.33. The van der Waals surface area contributed by atoms with Crippen LogP contribution < -0.4 is 4.74 Å². The number of aromatic amines is 1. The molecule has 0 spiro atoms. The summed E-state index contributed by atoms with van der Waals surface area (Å²) in [5.74, 6) is 2.98. The van der Waals surface area contributed by atoms with Gasteiger partial charge in [0.25, 0.3) is 0 Å². The van der Waals surface area contributed by atoms with Crippen molar-refractivity contribution in [2.45, 2.75) is 84.7 Å². The van der Waals surface area contributed by atoms with Gasteiger partial charge in [-0.2, -0.15) is 5.10 Å². The lowest BCUT2D eigenvalue weighted by atomic mass is 9.65. The Morgan fingerprint density at radius 3 is 2.76 bits per heavy atom. The molecule has 3 fully saturated rings. The topological polar surface area (TPSA) is 100 Å². The molecule has 3 aliphatic rings. The fourth-order valence-corrected chi connectivity index (χ4v) is 9.00. The van der Waals surface area contributed by atoms with Gasteiger partial charge in [-0.3, -0.25) is 15.0 Å². The van der Waals surface area contributed by atoms with E-state index in [0.717, 1.165) is 38.6 Å². The number of H-pyrrole nitrogens is 1. The second-order valence-corrected chi connectivity index (χ2v) is 14.9. The van der Waals surface area contributed by atoms with Gasteiger partial charge in [0.2, 0.25) is 5.88 Å². The first kappa shape index (κ1) is 37.2. The van der Waals surface area contributed by atoms with Crippen LogP contribution in [0.15, 0.2) is 22.2 Å². The van der Waals surface area contributed by atoms with Gasteiger partial charge in [0, 0.05) is 58.6 Å². The predicted octanol–water partition coefficient (Wildman–Crippen LogP) is 7.58. The van der Waals surface area contributed by atoms with Gasteiger partial charge in [0.05, 0.1) is 32.0 Å². The van der Waals surface area contributed by atoms with Crippen molar-refractivity contribution in [1.82, 2.24) is 25.0 Å². The number of amidine groups is 1. The molecule has 2 unspecified atom stereocenters. The van der Waals surface area contributed by atoms with E-state index in [4.69, 9.17) is 42.2 Å². The molecule has 2 aliphatic carbocycles. The second-order valence-electron chi connectivity index (χ2n) is 14.5. The summed E-state index contributed by atoms with van der Waals surface area (Å²) in [5, 5.41) is 8.22. The zero-order valence-electron chi connectivity index (χ0n) is 30.7. The molecule has 2 atom stereocenters. The molecule has 6 rings (SSSR count). The molecule has 0 amide bonds. The van der Waals surface area contributed by atoms with Gasteiger partial charge >= 0.3 is 0 Å². The summed E-state index contributed by atoms with van der Waals surface area (Å²) >= 11 is 6.59. The van der Waals surface area contributed by atoms with Crippen molar-refractivity contribution in [3.8, 4) is 29.5 Å². The number of piperidine rings is 1. The van der Waals surface area contributed by atoms with Crippen LogP contribution in [0.4, 0.5) is 10.1 Å². The standard InChI is InChI=1S/C39H51ClFN7O3/c1-8-38(5)20-26(21-38)48-16-12-15-39(14-11-13-30(39)48)23-51-24-43-36(47(9-2)17-18-50-10-3)32-34(42-6)33(41)35(45-37(32)49-7)31-25(4)28(40)19-29-27(31)22-44-46-29/h1,19,22,26,30H,6,9-18,20-21,23-24H2,2-5,7H3,(H,44,46)/b43-36+. The molecule has 3 heterocycles. The molecule has 10 nitrogen and oxygen atoms in total. The lowest BCUT2D eigenvalue weighted by Crippen LogP contribution is -2.59. The molecular formula is C39H51ClFN7O3. The minimum absolute atomic E-state index is 0.0154. The van der Waals surface area contributed by atoms with Gasteiger partial charge in [-0.1, -0.05) is 18.0 Å². The Labute approximate surface area is 306 Å². The third-order valence-corrected chi connectivity index (χ3v) is 11.9. The number of terminal acetylenes is 1. The number of halogens is 2. The number of likely N-dealkylation sites (N-methyl/N-ethyl adjacent to an activating group) is 1. The molecule has 0 radical (unpaired) electrons. The van der Waals surface area contributed by atoms with Crippen molar-refractivity contribution in [2.24, 2.45) is 20.8 Å². The van der Waals surface area contributed by atoms with E-state index in [1.807, 2.05) is 25.7 Å². The molecule has 2 saturated carbocycles. The van der Waals surface area contributed by atoms with Crippen molar-refractivity contribution < 1.29 is 18.6 Å². The van der Waals surface area contributed by atoms with Crippen LogP contribution in [0.3, 0.4) is 0 Å². The average Bonchev–Trinajstić information content (AvgIpc) is 3.77. The average molecular weight is 720 g/mol. The van der Waals surface area contributed by atoms with E-state index in [1.165, 1.54) is 20.0 Å². The van der Waals surface area contributed by atoms with Crippen LogP contribution in [0.5, 0.6) is 5.88 Å². The number of benzene rings is 1. The number of methoxy groups -OCH3 is 1. The smallest absolute Gasteiger partial charge is 0.227 e. The number of hydrogen-bond acceptors (Lipinski definition) is 8. The molecule has 1 N–H and O–H groups in total. The molecule has 12 heteroatoms. The molecule has 1 saturated heterocycles. The van der Waals surface area contributed by atoms with E-state index in [2.05, 4.69) is 39.7 Å². The van der Waals surface area contributed by atoms with Crippen molar-refractivity contribution in [1.29, 1.82) is 0 Å². The highest BCUT2D eigenvalue weighted by atomic mass is 35.5. The largest absolute Gasteiger partial charge is 0.480 e. The summed E-state index contributed by atoms with van der Waals surface area (Å²) in [6, 6.07) is 2.80. The Morgan fingerprint density at radius 1 is 1.27 bits per heavy atom. The first-order valence-corrected chi connectivity index (χ1v) is 18.6. The maximum Gasteiger partial charge on any atom is 0.227 e. The summed E-state index contributed by atoms with van der Waals surface area (Å²) in [7, 11) is 1.51. The number of pyridine rings is 1. The molecule has 3 aromatic rings. The number of nitrogens with one attached hydrogen (secondary N) is 1. The monoisotopic (exact) mass is 719 g/mol. The summed E-state index contributed by atoms with van der Waals surface area (Å²) in [6.45, 7) is 15.7. The van der Waals surface area contributed by atoms with Gasteiger partial charge in [-0.05, 0) is 91.1 Å². The van der Waals surface area contributed by atoms with Crippen molar-refractivity contribution in [2.75, 3.05) is 53.3 Å². The van der Waals surface area contributed by atoms with E-state index < -0.39 is 5.82 Å². The first-order chi connectivity index (χ1) is 24.6. The first-order valence-electron chi connectivity index (χ1n) is 18.2. The van der Waals surface area contributed by atoms with E-state index in [0.29, 0.717) is 83.4 Å². The zero-order chi connectivity index (χ0) is 36.3. The van der Waals surface area contributed by atoms with Crippen LogP contribution in [-0.4, -0.2) is 103 Å². The number of aromatic nitrogens is 3. The van der Waals surface area contributed by atoms with E-state index in [-0.39, 0.29) is 34.8 Å². The SMILES string of the molecule is C#CC1(C)CC(N2CCCC3(COC/N=C(\c4c(OC)nc(-c5c(C)c(Cl)cc6[nH]ncc56)c(F)c4N=C)N(CC)CCOCC)CCCC23)C1. The molecule has 2 aromatic heterocycles. The van der Waals surface area contributed by atoms with E-state index >= 15 is 4.39 Å². The Morgan fingerprint density at radius 2 is 2.06 bits per heavy atom.